The number of hydrogen-bond acceptors (Lipinski definition) is 4. The number of nitrogens with one attached hydrogen (secondary N) is 1. The predicted octanol–water partition coefficient (Wildman–Crippen LogP) is 4.54. The van der Waals surface area contributed by atoms with Crippen molar-refractivity contribution in [1.29, 1.82) is 5.26 Å². The highest BCUT2D eigenvalue weighted by Gasteiger charge is 2.33. The number of para-hydroxylation sites is 1. The van der Waals surface area contributed by atoms with Crippen LogP contribution in [0.2, 0.25) is 0 Å². The predicted molar refractivity (Wildman–Crippen MR) is 120 cm³/mol. The minimum atomic E-state index is -0.455. The van der Waals surface area contributed by atoms with Crippen LogP contribution < -0.4 is 10.1 Å². The van der Waals surface area contributed by atoms with E-state index in [4.69, 9.17) is 4.74 Å². The Morgan fingerprint density at radius 1 is 1.00 bits per heavy atom. The summed E-state index contributed by atoms with van der Waals surface area (Å²) in [5, 5.41) is 11.9. The zero-order valence-electron chi connectivity index (χ0n) is 17.5. The summed E-state index contributed by atoms with van der Waals surface area (Å²) in [6.07, 6.45) is 1.61. The first kappa shape index (κ1) is 20.9. The van der Waals surface area contributed by atoms with Crippen molar-refractivity contribution in [2.24, 2.45) is 0 Å². The number of ether oxygens (including phenoxy) is 1. The molecule has 3 amide bonds. The molecule has 1 aliphatic rings. The molecule has 1 heterocycles. The number of benzene rings is 3. The van der Waals surface area contributed by atoms with Crippen LogP contribution in [0.5, 0.6) is 5.75 Å². The molecule has 6 nitrogen and oxygen atoms in total. The van der Waals surface area contributed by atoms with Crippen LogP contribution in [0.25, 0.3) is 6.08 Å². The van der Waals surface area contributed by atoms with E-state index in [0.717, 1.165) is 16.7 Å². The summed E-state index contributed by atoms with van der Waals surface area (Å²) in [7, 11) is 0. The van der Waals surface area contributed by atoms with E-state index < -0.39 is 6.03 Å². The Hall–Kier alpha value is -4.37. The number of carbonyl (C=O) groups excluding carboxylic acids is 2. The van der Waals surface area contributed by atoms with Crippen LogP contribution in [0, 0.1) is 18.3 Å². The van der Waals surface area contributed by atoms with Gasteiger partial charge in [-0.15, -0.1) is 0 Å². The van der Waals surface area contributed by atoms with Gasteiger partial charge in [0.2, 0.25) is 0 Å². The quantitative estimate of drug-likeness (QED) is 0.466. The third-order valence-corrected chi connectivity index (χ3v) is 5.16. The average Bonchev–Trinajstić information content (AvgIpc) is 3.07. The van der Waals surface area contributed by atoms with Gasteiger partial charge in [0.1, 0.15) is 18.1 Å². The SMILES string of the molecule is Cc1ccc(CN2C(=O)N/C(=C\c3ccccc3OCc3ccccc3C#N)C2=O)cc1. The molecule has 4 rings (SSSR count). The van der Waals surface area contributed by atoms with Crippen molar-refractivity contribution in [1.82, 2.24) is 10.2 Å². The number of carbonyl (C=O) groups is 2. The van der Waals surface area contributed by atoms with Crippen molar-refractivity contribution in [2.45, 2.75) is 20.1 Å². The smallest absolute Gasteiger partial charge is 0.329 e. The maximum atomic E-state index is 12.9. The molecule has 0 spiro atoms. The summed E-state index contributed by atoms with van der Waals surface area (Å²) in [5.41, 5.74) is 4.15. The van der Waals surface area contributed by atoms with Gasteiger partial charge in [0, 0.05) is 11.1 Å². The highest BCUT2D eigenvalue weighted by atomic mass is 16.5. The van der Waals surface area contributed by atoms with Gasteiger partial charge >= 0.3 is 6.03 Å². The van der Waals surface area contributed by atoms with E-state index in [9.17, 15) is 14.9 Å². The fourth-order valence-corrected chi connectivity index (χ4v) is 3.39. The minimum absolute atomic E-state index is 0.190. The van der Waals surface area contributed by atoms with Crippen LogP contribution in [0.1, 0.15) is 27.8 Å². The van der Waals surface area contributed by atoms with Gasteiger partial charge in [-0.1, -0.05) is 66.2 Å². The van der Waals surface area contributed by atoms with E-state index in [1.54, 1.807) is 30.3 Å². The molecule has 1 N–H and O–H groups in total. The lowest BCUT2D eigenvalue weighted by atomic mass is 10.1. The number of hydrogen-bond donors (Lipinski definition) is 1. The monoisotopic (exact) mass is 423 g/mol. The van der Waals surface area contributed by atoms with Gasteiger partial charge in [0.05, 0.1) is 18.2 Å². The summed E-state index contributed by atoms with van der Waals surface area (Å²) in [6.45, 7) is 2.39. The Balaban J connectivity index is 1.52. The summed E-state index contributed by atoms with van der Waals surface area (Å²) >= 11 is 0. The van der Waals surface area contributed by atoms with Crippen LogP contribution in [0.15, 0.2) is 78.5 Å². The lowest BCUT2D eigenvalue weighted by Gasteiger charge is -2.12. The number of urea groups is 1. The molecule has 1 saturated heterocycles. The summed E-state index contributed by atoms with van der Waals surface area (Å²) in [4.78, 5) is 26.5. The van der Waals surface area contributed by atoms with Gasteiger partial charge in [0.15, 0.2) is 0 Å². The first-order valence-electron chi connectivity index (χ1n) is 10.1. The second kappa shape index (κ2) is 9.19. The van der Waals surface area contributed by atoms with Gasteiger partial charge in [-0.05, 0) is 30.7 Å². The number of nitrogens with zero attached hydrogens (tertiary/aromatic N) is 2. The van der Waals surface area contributed by atoms with E-state index >= 15 is 0 Å². The fourth-order valence-electron chi connectivity index (χ4n) is 3.39. The molecule has 1 fully saturated rings. The van der Waals surface area contributed by atoms with E-state index in [1.165, 1.54) is 4.90 Å². The Labute approximate surface area is 186 Å². The summed E-state index contributed by atoms with van der Waals surface area (Å²) < 4.78 is 5.94. The van der Waals surface area contributed by atoms with E-state index in [1.807, 2.05) is 55.5 Å². The molecule has 0 bridgehead atoms. The van der Waals surface area contributed by atoms with Crippen molar-refractivity contribution in [2.75, 3.05) is 0 Å². The van der Waals surface area contributed by atoms with E-state index in [0.29, 0.717) is 16.9 Å². The number of nitriles is 1. The second-order valence-corrected chi connectivity index (χ2v) is 7.46. The van der Waals surface area contributed by atoms with Gasteiger partial charge in [-0.3, -0.25) is 9.69 Å². The minimum Gasteiger partial charge on any atom is -0.488 e. The molecule has 0 atom stereocenters. The van der Waals surface area contributed by atoms with Gasteiger partial charge in [-0.25, -0.2) is 4.79 Å². The van der Waals surface area contributed by atoms with Crippen molar-refractivity contribution in [3.63, 3.8) is 0 Å². The van der Waals surface area contributed by atoms with E-state index in [2.05, 4.69) is 11.4 Å². The van der Waals surface area contributed by atoms with Gasteiger partial charge < -0.3 is 10.1 Å². The number of imide groups is 1. The second-order valence-electron chi connectivity index (χ2n) is 7.46. The number of amides is 3. The van der Waals surface area contributed by atoms with Crippen molar-refractivity contribution >= 4 is 18.0 Å². The number of rotatable bonds is 6. The van der Waals surface area contributed by atoms with Gasteiger partial charge in [-0.2, -0.15) is 5.26 Å². The molecular formula is C26H21N3O3. The van der Waals surface area contributed by atoms with Crippen LogP contribution >= 0.6 is 0 Å². The first-order valence-corrected chi connectivity index (χ1v) is 10.1. The largest absolute Gasteiger partial charge is 0.488 e. The molecule has 0 aromatic heterocycles. The lowest BCUT2D eigenvalue weighted by molar-refractivity contribution is -0.123. The number of aryl methyl sites for hydroxylation is 1. The molecule has 0 unspecified atom stereocenters. The zero-order chi connectivity index (χ0) is 22.5. The normalized spacial score (nSPS) is 14.4. The lowest BCUT2D eigenvalue weighted by Crippen LogP contribution is -2.30. The molecule has 3 aromatic carbocycles. The highest BCUT2D eigenvalue weighted by molar-refractivity contribution is 6.14. The first-order chi connectivity index (χ1) is 15.5. The molecular weight excluding hydrogens is 402 g/mol. The Morgan fingerprint density at radius 3 is 2.50 bits per heavy atom. The summed E-state index contributed by atoms with van der Waals surface area (Å²) in [5.74, 6) is 0.159. The Morgan fingerprint density at radius 2 is 1.72 bits per heavy atom. The zero-order valence-corrected chi connectivity index (χ0v) is 17.5. The average molecular weight is 423 g/mol. The molecule has 0 saturated carbocycles. The van der Waals surface area contributed by atoms with Crippen molar-refractivity contribution < 1.29 is 14.3 Å². The molecule has 0 radical (unpaired) electrons. The molecule has 3 aromatic rings. The Bertz CT molecular complexity index is 1240. The standard InChI is InChI=1S/C26H21N3O3/c1-18-10-12-19(13-11-18)16-29-25(30)23(28-26(29)31)14-20-6-4-5-9-24(20)32-17-22-8-3-2-7-21(22)15-27/h2-14H,16-17H2,1H3,(H,28,31)/b23-14-. The molecule has 1 aliphatic heterocycles. The maximum absolute atomic E-state index is 12.9. The third-order valence-electron chi connectivity index (χ3n) is 5.16. The maximum Gasteiger partial charge on any atom is 0.329 e. The van der Waals surface area contributed by atoms with Crippen LogP contribution in [-0.4, -0.2) is 16.8 Å². The fraction of sp³-hybridized carbons (Fsp3) is 0.115. The van der Waals surface area contributed by atoms with Crippen molar-refractivity contribution in [3.05, 3.63) is 106 Å². The topological polar surface area (TPSA) is 82.4 Å². The molecule has 158 valence electrons. The molecule has 32 heavy (non-hydrogen) atoms. The highest BCUT2D eigenvalue weighted by Crippen LogP contribution is 2.24. The van der Waals surface area contributed by atoms with Crippen LogP contribution in [0.3, 0.4) is 0 Å². The Kier molecular flexibility index (Phi) is 6.00. The molecule has 6 heteroatoms. The molecule has 0 aliphatic carbocycles. The van der Waals surface area contributed by atoms with Gasteiger partial charge in [0.25, 0.3) is 5.91 Å². The van der Waals surface area contributed by atoms with E-state index in [-0.39, 0.29) is 24.8 Å². The summed E-state index contributed by atoms with van der Waals surface area (Å²) in [6, 6.07) is 23.9. The van der Waals surface area contributed by atoms with Crippen LogP contribution in [-0.2, 0) is 17.9 Å². The van der Waals surface area contributed by atoms with Crippen LogP contribution in [0.4, 0.5) is 4.79 Å². The third kappa shape index (κ3) is 4.52. The van der Waals surface area contributed by atoms with Crippen molar-refractivity contribution in [3.8, 4) is 11.8 Å².